The molecule has 3 atom stereocenters. The SMILES string of the molecule is CCOC(=O)CONC(=O)CCc1cn(C2CC(O)C(CO)O2)c2ncnc(N)c12. The summed E-state index contributed by atoms with van der Waals surface area (Å²) in [6.07, 6.45) is 1.69. The van der Waals surface area contributed by atoms with Gasteiger partial charge < -0.3 is 30.0 Å². The molecule has 164 valence electrons. The number of hydroxylamine groups is 1. The molecule has 3 rings (SSSR count). The molecule has 1 amide bonds. The van der Waals surface area contributed by atoms with Gasteiger partial charge in [-0.3, -0.25) is 9.63 Å². The van der Waals surface area contributed by atoms with Gasteiger partial charge in [-0.15, -0.1) is 0 Å². The van der Waals surface area contributed by atoms with E-state index in [1.54, 1.807) is 17.7 Å². The molecular formula is C18H25N5O7. The van der Waals surface area contributed by atoms with Crippen LogP contribution in [0.5, 0.6) is 0 Å². The number of aryl methyl sites for hydroxylation is 1. The highest BCUT2D eigenvalue weighted by Crippen LogP contribution is 2.34. The number of nitrogens with two attached hydrogens (primary N) is 1. The van der Waals surface area contributed by atoms with Crippen LogP contribution in [0.3, 0.4) is 0 Å². The van der Waals surface area contributed by atoms with E-state index in [2.05, 4.69) is 15.4 Å². The van der Waals surface area contributed by atoms with Crippen LogP contribution in [-0.4, -0.2) is 68.7 Å². The van der Waals surface area contributed by atoms with Gasteiger partial charge in [-0.25, -0.2) is 20.2 Å². The normalized spacial score (nSPS) is 21.1. The monoisotopic (exact) mass is 423 g/mol. The fourth-order valence-electron chi connectivity index (χ4n) is 3.32. The molecule has 1 aliphatic rings. The molecule has 1 aliphatic heterocycles. The van der Waals surface area contributed by atoms with Crippen molar-refractivity contribution in [3.05, 3.63) is 18.1 Å². The van der Waals surface area contributed by atoms with E-state index in [9.17, 15) is 19.8 Å². The number of nitrogens with one attached hydrogen (secondary N) is 1. The third-order valence-electron chi connectivity index (χ3n) is 4.71. The Morgan fingerprint density at radius 2 is 2.23 bits per heavy atom. The Hall–Kier alpha value is -2.80. The molecule has 0 radical (unpaired) electrons. The first-order chi connectivity index (χ1) is 14.4. The molecule has 12 heteroatoms. The molecule has 30 heavy (non-hydrogen) atoms. The van der Waals surface area contributed by atoms with E-state index in [-0.39, 0.29) is 38.5 Å². The lowest BCUT2D eigenvalue weighted by atomic mass is 10.1. The summed E-state index contributed by atoms with van der Waals surface area (Å²) in [7, 11) is 0. The van der Waals surface area contributed by atoms with Crippen LogP contribution in [0.15, 0.2) is 12.5 Å². The highest BCUT2D eigenvalue weighted by molar-refractivity contribution is 5.90. The van der Waals surface area contributed by atoms with Crippen molar-refractivity contribution in [2.45, 2.75) is 44.6 Å². The predicted octanol–water partition coefficient (Wildman–Crippen LogP) is -0.802. The van der Waals surface area contributed by atoms with Crippen LogP contribution in [0.25, 0.3) is 11.0 Å². The summed E-state index contributed by atoms with van der Waals surface area (Å²) in [6, 6.07) is 0. The van der Waals surface area contributed by atoms with Crippen molar-refractivity contribution < 1.29 is 34.1 Å². The maximum Gasteiger partial charge on any atom is 0.334 e. The molecule has 5 N–H and O–H groups in total. The van der Waals surface area contributed by atoms with Gasteiger partial charge in [-0.05, 0) is 18.9 Å². The van der Waals surface area contributed by atoms with Gasteiger partial charge in [0.15, 0.2) is 6.61 Å². The summed E-state index contributed by atoms with van der Waals surface area (Å²) in [5.41, 5.74) is 9.44. The first-order valence-corrected chi connectivity index (χ1v) is 9.55. The van der Waals surface area contributed by atoms with Crippen LogP contribution < -0.4 is 11.2 Å². The highest BCUT2D eigenvalue weighted by atomic mass is 16.7. The quantitative estimate of drug-likeness (QED) is 0.295. The van der Waals surface area contributed by atoms with Crippen molar-refractivity contribution >= 4 is 28.7 Å². The topological polar surface area (TPSA) is 171 Å². The van der Waals surface area contributed by atoms with Crippen LogP contribution in [0.4, 0.5) is 5.82 Å². The summed E-state index contributed by atoms with van der Waals surface area (Å²) in [5.74, 6) is -0.751. The number of hydrogen-bond donors (Lipinski definition) is 4. The largest absolute Gasteiger partial charge is 0.464 e. The lowest BCUT2D eigenvalue weighted by Gasteiger charge is -2.14. The molecule has 0 aromatic carbocycles. The number of rotatable bonds is 9. The van der Waals surface area contributed by atoms with E-state index >= 15 is 0 Å². The maximum atomic E-state index is 12.0. The summed E-state index contributed by atoms with van der Waals surface area (Å²) in [4.78, 5) is 36.3. The number of anilines is 1. The molecule has 0 bridgehead atoms. The smallest absolute Gasteiger partial charge is 0.334 e. The first kappa shape index (κ1) is 21.9. The molecule has 1 saturated heterocycles. The zero-order valence-electron chi connectivity index (χ0n) is 16.5. The first-order valence-electron chi connectivity index (χ1n) is 9.55. The second kappa shape index (κ2) is 9.80. The van der Waals surface area contributed by atoms with Crippen molar-refractivity contribution in [2.75, 3.05) is 25.6 Å². The fraction of sp³-hybridized carbons (Fsp3) is 0.556. The fourth-order valence-corrected chi connectivity index (χ4v) is 3.32. The molecule has 12 nitrogen and oxygen atoms in total. The second-order valence-electron chi connectivity index (χ2n) is 6.75. The molecule has 0 saturated carbocycles. The zero-order valence-corrected chi connectivity index (χ0v) is 16.5. The van der Waals surface area contributed by atoms with E-state index in [1.807, 2.05) is 0 Å². The predicted molar refractivity (Wildman–Crippen MR) is 103 cm³/mol. The number of nitrogens with zero attached hydrogens (tertiary/aromatic N) is 3. The van der Waals surface area contributed by atoms with Crippen molar-refractivity contribution in [3.8, 4) is 0 Å². The number of aliphatic hydroxyl groups excluding tert-OH is 2. The van der Waals surface area contributed by atoms with Gasteiger partial charge in [0, 0.05) is 19.0 Å². The Morgan fingerprint density at radius 3 is 2.93 bits per heavy atom. The molecule has 1 fully saturated rings. The molecular weight excluding hydrogens is 398 g/mol. The number of fused-ring (bicyclic) bond motifs is 1. The number of carbonyl (C=O) groups excluding carboxylic acids is 2. The van der Waals surface area contributed by atoms with Crippen LogP contribution in [0.2, 0.25) is 0 Å². The van der Waals surface area contributed by atoms with Gasteiger partial charge in [0.25, 0.3) is 0 Å². The van der Waals surface area contributed by atoms with E-state index in [0.717, 1.165) is 0 Å². The van der Waals surface area contributed by atoms with Crippen molar-refractivity contribution in [3.63, 3.8) is 0 Å². The van der Waals surface area contributed by atoms with Crippen molar-refractivity contribution in [2.24, 2.45) is 0 Å². The minimum Gasteiger partial charge on any atom is -0.464 e. The van der Waals surface area contributed by atoms with Crippen molar-refractivity contribution in [1.29, 1.82) is 0 Å². The third-order valence-corrected chi connectivity index (χ3v) is 4.71. The third kappa shape index (κ3) is 4.84. The van der Waals surface area contributed by atoms with E-state index in [1.165, 1.54) is 6.33 Å². The number of aromatic nitrogens is 3. The van der Waals surface area contributed by atoms with Crippen LogP contribution in [0, 0.1) is 0 Å². The number of hydrogen-bond acceptors (Lipinski definition) is 10. The lowest BCUT2D eigenvalue weighted by molar-refractivity contribution is -0.154. The number of carbonyl (C=O) groups is 2. The van der Waals surface area contributed by atoms with Gasteiger partial charge >= 0.3 is 5.97 Å². The molecule has 2 aromatic heterocycles. The van der Waals surface area contributed by atoms with Crippen LogP contribution >= 0.6 is 0 Å². The van der Waals surface area contributed by atoms with Gasteiger partial charge in [0.2, 0.25) is 5.91 Å². The van der Waals surface area contributed by atoms with E-state index in [0.29, 0.717) is 23.0 Å². The van der Waals surface area contributed by atoms with Crippen LogP contribution in [0.1, 0.15) is 31.6 Å². The van der Waals surface area contributed by atoms with Gasteiger partial charge in [-0.1, -0.05) is 0 Å². The molecule has 2 aromatic rings. The summed E-state index contributed by atoms with van der Waals surface area (Å²) >= 11 is 0. The minimum absolute atomic E-state index is 0.0592. The molecule has 0 spiro atoms. The molecule has 0 aliphatic carbocycles. The summed E-state index contributed by atoms with van der Waals surface area (Å²) < 4.78 is 12.1. The Balaban J connectivity index is 1.69. The standard InChI is InChI=1S/C18H25N5O7/c1-2-28-15(27)8-29-22-13(26)4-3-10-6-23(14-5-11(25)12(7-24)30-14)18-16(10)17(19)20-9-21-18/h6,9,11-12,14,24-25H,2-5,7-8H2,1H3,(H,22,26)(H2,19,20,21). The Morgan fingerprint density at radius 1 is 1.43 bits per heavy atom. The number of esters is 1. The minimum atomic E-state index is -0.803. The number of ether oxygens (including phenoxy) is 2. The van der Waals surface area contributed by atoms with Crippen LogP contribution in [-0.2, 0) is 30.3 Å². The second-order valence-corrected chi connectivity index (χ2v) is 6.75. The van der Waals surface area contributed by atoms with E-state index < -0.39 is 30.3 Å². The highest BCUT2D eigenvalue weighted by Gasteiger charge is 2.35. The average molecular weight is 423 g/mol. The average Bonchev–Trinajstić information content (AvgIpc) is 3.27. The zero-order chi connectivity index (χ0) is 21.7. The molecule has 3 unspecified atom stereocenters. The Bertz CT molecular complexity index is 902. The lowest BCUT2D eigenvalue weighted by Crippen LogP contribution is -2.27. The number of nitrogen functional groups attached to an aromatic ring is 1. The molecule has 3 heterocycles. The maximum absolute atomic E-state index is 12.0. The summed E-state index contributed by atoms with van der Waals surface area (Å²) in [5, 5.41) is 19.9. The Labute approximate surface area is 171 Å². The Kier molecular flexibility index (Phi) is 7.15. The van der Waals surface area contributed by atoms with Gasteiger partial charge in [0.05, 0.1) is 24.7 Å². The van der Waals surface area contributed by atoms with Gasteiger partial charge in [0.1, 0.15) is 30.1 Å². The number of aliphatic hydroxyl groups is 2. The summed E-state index contributed by atoms with van der Waals surface area (Å²) in [6.45, 7) is 1.22. The number of amides is 1. The van der Waals surface area contributed by atoms with Gasteiger partial charge in [-0.2, -0.15) is 0 Å². The van der Waals surface area contributed by atoms with E-state index in [4.69, 9.17) is 20.0 Å². The van der Waals surface area contributed by atoms with Crippen molar-refractivity contribution in [1.82, 2.24) is 20.0 Å².